The number of para-hydroxylation sites is 1. The second-order valence-electron chi connectivity index (χ2n) is 9.95. The van der Waals surface area contributed by atoms with E-state index in [0.29, 0.717) is 19.8 Å². The summed E-state index contributed by atoms with van der Waals surface area (Å²) in [7, 11) is 0. The van der Waals surface area contributed by atoms with Crippen LogP contribution in [0.15, 0.2) is 68.3 Å². The van der Waals surface area contributed by atoms with Crippen molar-refractivity contribution in [1.29, 1.82) is 0 Å². The standard InChI is InChI=1S/C35H42O3/c1-11-17-36-33-23(5)20-30(25(7)27(33)9)32(29-16-14-15-22(4)35(29)38-19-13-3)31-21-24(6)34(37-18-12-2)28(10)26(31)8/h11-16,20-21,32H,1-3,17-19H2,4-10H3. The second kappa shape index (κ2) is 12.7. The highest BCUT2D eigenvalue weighted by molar-refractivity contribution is 5.61. The highest BCUT2D eigenvalue weighted by Crippen LogP contribution is 2.45. The Balaban J connectivity index is 2.39. The Labute approximate surface area is 229 Å². The molecule has 0 radical (unpaired) electrons. The van der Waals surface area contributed by atoms with Crippen LogP contribution in [0.5, 0.6) is 17.2 Å². The number of hydrogen-bond donors (Lipinski definition) is 0. The van der Waals surface area contributed by atoms with Crippen molar-refractivity contribution in [1.82, 2.24) is 0 Å². The van der Waals surface area contributed by atoms with Crippen molar-refractivity contribution in [3.63, 3.8) is 0 Å². The largest absolute Gasteiger partial charge is 0.489 e. The van der Waals surface area contributed by atoms with E-state index in [9.17, 15) is 0 Å². The van der Waals surface area contributed by atoms with Gasteiger partial charge in [0, 0.05) is 11.5 Å². The highest BCUT2D eigenvalue weighted by atomic mass is 16.5. The molecular formula is C35H42O3. The molecule has 0 heterocycles. The minimum Gasteiger partial charge on any atom is -0.489 e. The average Bonchev–Trinajstić information content (AvgIpc) is 2.89. The number of aryl methyl sites for hydroxylation is 3. The van der Waals surface area contributed by atoms with Crippen LogP contribution in [0.4, 0.5) is 0 Å². The Hall–Kier alpha value is -3.72. The zero-order valence-corrected chi connectivity index (χ0v) is 24.2. The van der Waals surface area contributed by atoms with Crippen LogP contribution in [-0.2, 0) is 0 Å². The number of rotatable bonds is 12. The molecule has 3 heteroatoms. The maximum Gasteiger partial charge on any atom is 0.126 e. The first kappa shape index (κ1) is 28.8. The molecule has 0 saturated carbocycles. The summed E-state index contributed by atoms with van der Waals surface area (Å²) in [5.41, 5.74) is 11.6. The van der Waals surface area contributed by atoms with Crippen molar-refractivity contribution < 1.29 is 14.2 Å². The molecule has 3 nitrogen and oxygen atoms in total. The predicted octanol–water partition coefficient (Wildman–Crippen LogP) is 8.72. The first-order valence-electron chi connectivity index (χ1n) is 13.2. The summed E-state index contributed by atoms with van der Waals surface area (Å²) in [6, 6.07) is 11.0. The van der Waals surface area contributed by atoms with Crippen LogP contribution in [-0.4, -0.2) is 19.8 Å². The molecule has 0 amide bonds. The molecule has 0 fully saturated rings. The van der Waals surface area contributed by atoms with Gasteiger partial charge in [-0.25, -0.2) is 0 Å². The topological polar surface area (TPSA) is 27.7 Å². The Morgan fingerprint density at radius 3 is 1.39 bits per heavy atom. The van der Waals surface area contributed by atoms with Crippen LogP contribution in [0.3, 0.4) is 0 Å². The van der Waals surface area contributed by atoms with Gasteiger partial charge >= 0.3 is 0 Å². The quantitative estimate of drug-likeness (QED) is 0.180. The van der Waals surface area contributed by atoms with Gasteiger partial charge in [-0.05, 0) is 98.5 Å². The van der Waals surface area contributed by atoms with E-state index < -0.39 is 0 Å². The summed E-state index contributed by atoms with van der Waals surface area (Å²) in [4.78, 5) is 0. The van der Waals surface area contributed by atoms with Gasteiger partial charge in [0.05, 0.1) is 0 Å². The lowest BCUT2D eigenvalue weighted by atomic mass is 9.77. The zero-order valence-electron chi connectivity index (χ0n) is 24.2. The Morgan fingerprint density at radius 2 is 0.974 bits per heavy atom. The average molecular weight is 511 g/mol. The first-order valence-corrected chi connectivity index (χ1v) is 13.2. The van der Waals surface area contributed by atoms with E-state index >= 15 is 0 Å². The monoisotopic (exact) mass is 510 g/mol. The fraction of sp³-hybridized carbons (Fsp3) is 0.314. The lowest BCUT2D eigenvalue weighted by Crippen LogP contribution is -2.14. The summed E-state index contributed by atoms with van der Waals surface area (Å²) in [6.07, 6.45) is 5.36. The van der Waals surface area contributed by atoms with Gasteiger partial charge in [0.1, 0.15) is 37.1 Å². The predicted molar refractivity (Wildman–Crippen MR) is 161 cm³/mol. The van der Waals surface area contributed by atoms with Gasteiger partial charge in [0.25, 0.3) is 0 Å². The molecule has 0 spiro atoms. The molecule has 3 aromatic carbocycles. The van der Waals surface area contributed by atoms with Crippen molar-refractivity contribution in [2.45, 2.75) is 54.4 Å². The van der Waals surface area contributed by atoms with E-state index in [1.54, 1.807) is 18.2 Å². The summed E-state index contributed by atoms with van der Waals surface area (Å²) in [5.74, 6) is 2.70. The van der Waals surface area contributed by atoms with Gasteiger partial charge in [-0.2, -0.15) is 0 Å². The van der Waals surface area contributed by atoms with Crippen molar-refractivity contribution in [2.24, 2.45) is 0 Å². The Kier molecular flexibility index (Phi) is 9.63. The molecule has 38 heavy (non-hydrogen) atoms. The number of benzene rings is 3. The minimum absolute atomic E-state index is 0.0496. The molecule has 3 rings (SSSR count). The molecule has 0 aromatic heterocycles. The van der Waals surface area contributed by atoms with Gasteiger partial charge < -0.3 is 14.2 Å². The van der Waals surface area contributed by atoms with Crippen molar-refractivity contribution in [2.75, 3.05) is 19.8 Å². The van der Waals surface area contributed by atoms with E-state index in [4.69, 9.17) is 14.2 Å². The van der Waals surface area contributed by atoms with Crippen LogP contribution in [0.2, 0.25) is 0 Å². The third-order valence-corrected chi connectivity index (χ3v) is 7.34. The summed E-state index contributed by atoms with van der Waals surface area (Å²) in [6.45, 7) is 27.9. The Morgan fingerprint density at radius 1 is 0.553 bits per heavy atom. The fourth-order valence-corrected chi connectivity index (χ4v) is 5.25. The lowest BCUT2D eigenvalue weighted by Gasteiger charge is -2.29. The Bertz CT molecular complexity index is 1270. The number of ether oxygens (including phenoxy) is 3. The highest BCUT2D eigenvalue weighted by Gasteiger charge is 2.28. The van der Waals surface area contributed by atoms with Gasteiger partial charge in [-0.3, -0.25) is 0 Å². The molecule has 0 atom stereocenters. The van der Waals surface area contributed by atoms with Gasteiger partial charge in [0.2, 0.25) is 0 Å². The molecule has 0 saturated heterocycles. The normalized spacial score (nSPS) is 10.8. The third kappa shape index (κ3) is 5.72. The number of hydrogen-bond acceptors (Lipinski definition) is 3. The maximum atomic E-state index is 6.31. The van der Waals surface area contributed by atoms with E-state index in [1.165, 1.54) is 22.3 Å². The molecule has 0 aliphatic carbocycles. The van der Waals surface area contributed by atoms with Crippen LogP contribution >= 0.6 is 0 Å². The molecule has 0 bridgehead atoms. The molecular weight excluding hydrogens is 468 g/mol. The van der Waals surface area contributed by atoms with E-state index in [0.717, 1.165) is 50.6 Å². The molecule has 0 unspecified atom stereocenters. The van der Waals surface area contributed by atoms with E-state index in [1.807, 2.05) is 0 Å². The molecule has 0 N–H and O–H groups in total. The maximum absolute atomic E-state index is 6.31. The van der Waals surface area contributed by atoms with Gasteiger partial charge in [-0.1, -0.05) is 68.3 Å². The van der Waals surface area contributed by atoms with Crippen LogP contribution in [0.25, 0.3) is 0 Å². The minimum atomic E-state index is -0.0496. The summed E-state index contributed by atoms with van der Waals surface area (Å²) >= 11 is 0. The summed E-state index contributed by atoms with van der Waals surface area (Å²) in [5, 5.41) is 0. The van der Waals surface area contributed by atoms with Crippen molar-refractivity contribution in [3.8, 4) is 17.2 Å². The fourth-order valence-electron chi connectivity index (χ4n) is 5.25. The van der Waals surface area contributed by atoms with Crippen molar-refractivity contribution in [3.05, 3.63) is 124 Å². The van der Waals surface area contributed by atoms with Crippen molar-refractivity contribution >= 4 is 0 Å². The SMILES string of the molecule is C=CCOc1c(C)cccc1C(c1cc(C)c(OCC=C)c(C)c1C)c1cc(C)c(OCC=C)c(C)c1C. The smallest absolute Gasteiger partial charge is 0.126 e. The molecule has 200 valence electrons. The first-order chi connectivity index (χ1) is 18.2. The van der Waals surface area contributed by atoms with Gasteiger partial charge in [-0.15, -0.1) is 0 Å². The van der Waals surface area contributed by atoms with Crippen LogP contribution in [0, 0.1) is 48.5 Å². The molecule has 0 aliphatic heterocycles. The third-order valence-electron chi connectivity index (χ3n) is 7.34. The van der Waals surface area contributed by atoms with Crippen LogP contribution in [0.1, 0.15) is 61.6 Å². The second-order valence-corrected chi connectivity index (χ2v) is 9.95. The molecule has 3 aromatic rings. The molecule has 0 aliphatic rings. The van der Waals surface area contributed by atoms with Gasteiger partial charge in [0.15, 0.2) is 0 Å². The van der Waals surface area contributed by atoms with E-state index in [-0.39, 0.29) is 5.92 Å². The lowest BCUT2D eigenvalue weighted by molar-refractivity contribution is 0.355. The van der Waals surface area contributed by atoms with E-state index in [2.05, 4.69) is 98.5 Å². The van der Waals surface area contributed by atoms with Crippen LogP contribution < -0.4 is 14.2 Å². The summed E-state index contributed by atoms with van der Waals surface area (Å²) < 4.78 is 18.5. The zero-order chi connectivity index (χ0) is 28.0.